The van der Waals surface area contributed by atoms with Gasteiger partial charge in [-0.25, -0.2) is 8.42 Å². The number of nitrogens with two attached hydrogens (primary N) is 1. The molecule has 0 saturated carbocycles. The highest BCUT2D eigenvalue weighted by Gasteiger charge is 2.37. The summed E-state index contributed by atoms with van der Waals surface area (Å²) >= 11 is 0. The first-order chi connectivity index (χ1) is 7.80. The summed E-state index contributed by atoms with van der Waals surface area (Å²) < 4.78 is 36.0. The van der Waals surface area contributed by atoms with E-state index in [0.29, 0.717) is 19.6 Å². The molecule has 1 aliphatic heterocycles. The number of nitrogens with zero attached hydrogens (tertiary/aromatic N) is 1. The van der Waals surface area contributed by atoms with Crippen LogP contribution >= 0.6 is 0 Å². The predicted molar refractivity (Wildman–Crippen MR) is 65.2 cm³/mol. The van der Waals surface area contributed by atoms with Gasteiger partial charge in [-0.3, -0.25) is 0 Å². The highest BCUT2D eigenvalue weighted by atomic mass is 32.2. The summed E-state index contributed by atoms with van der Waals surface area (Å²) in [5.74, 6) is -0.00310. The van der Waals surface area contributed by atoms with Gasteiger partial charge in [-0.2, -0.15) is 4.31 Å². The zero-order valence-corrected chi connectivity index (χ0v) is 11.5. The van der Waals surface area contributed by atoms with Crippen LogP contribution in [0.5, 0.6) is 0 Å². The molecule has 1 rings (SSSR count). The molecule has 0 amide bonds. The van der Waals surface area contributed by atoms with Gasteiger partial charge in [0.05, 0.1) is 24.1 Å². The quantitative estimate of drug-likeness (QED) is 0.718. The average molecular weight is 266 g/mol. The molecule has 6 nitrogen and oxygen atoms in total. The van der Waals surface area contributed by atoms with Gasteiger partial charge in [0.1, 0.15) is 0 Å². The Morgan fingerprint density at radius 2 is 2.18 bits per heavy atom. The molecule has 0 radical (unpaired) electrons. The average Bonchev–Trinajstić information content (AvgIpc) is 2.24. The number of methoxy groups -OCH3 is 1. The standard InChI is InChI=1S/C10H22N2O4S/c1-10(2)8-12(7-9(6-11)16-10)17(13,14)5-4-15-3/h9H,4-8,11H2,1-3H3. The molecule has 1 unspecified atom stereocenters. The van der Waals surface area contributed by atoms with E-state index in [2.05, 4.69) is 0 Å². The summed E-state index contributed by atoms with van der Waals surface area (Å²) in [7, 11) is -1.80. The third-order valence-corrected chi connectivity index (χ3v) is 4.40. The van der Waals surface area contributed by atoms with Gasteiger partial charge in [-0.05, 0) is 13.8 Å². The summed E-state index contributed by atoms with van der Waals surface area (Å²) in [6.07, 6.45) is -0.240. The van der Waals surface area contributed by atoms with Gasteiger partial charge in [-0.1, -0.05) is 0 Å². The maximum absolute atomic E-state index is 12.0. The molecule has 0 bridgehead atoms. The number of rotatable bonds is 5. The smallest absolute Gasteiger partial charge is 0.216 e. The normalized spacial score (nSPS) is 26.0. The van der Waals surface area contributed by atoms with Gasteiger partial charge in [0, 0.05) is 26.7 Å². The van der Waals surface area contributed by atoms with Crippen molar-refractivity contribution in [3.8, 4) is 0 Å². The van der Waals surface area contributed by atoms with Gasteiger partial charge >= 0.3 is 0 Å². The molecule has 0 spiro atoms. The third kappa shape index (κ3) is 4.18. The fraction of sp³-hybridized carbons (Fsp3) is 1.00. The second-order valence-corrected chi connectivity index (χ2v) is 6.93. The van der Waals surface area contributed by atoms with Gasteiger partial charge < -0.3 is 15.2 Å². The van der Waals surface area contributed by atoms with E-state index < -0.39 is 15.6 Å². The topological polar surface area (TPSA) is 81.9 Å². The van der Waals surface area contributed by atoms with Gasteiger partial charge in [0.15, 0.2) is 0 Å². The lowest BCUT2D eigenvalue weighted by Crippen LogP contribution is -2.56. The summed E-state index contributed by atoms with van der Waals surface area (Å²) in [4.78, 5) is 0. The Bertz CT molecular complexity index is 342. The first-order valence-corrected chi connectivity index (χ1v) is 7.26. The number of morpholine rings is 1. The Kier molecular flexibility index (Phi) is 4.91. The van der Waals surface area contributed by atoms with Crippen molar-refractivity contribution < 1.29 is 17.9 Å². The van der Waals surface area contributed by atoms with Crippen molar-refractivity contribution in [1.82, 2.24) is 4.31 Å². The number of ether oxygens (including phenoxy) is 2. The Balaban J connectivity index is 2.76. The monoisotopic (exact) mass is 266 g/mol. The Morgan fingerprint density at radius 3 is 2.71 bits per heavy atom. The maximum Gasteiger partial charge on any atom is 0.216 e. The van der Waals surface area contributed by atoms with Crippen molar-refractivity contribution in [2.24, 2.45) is 5.73 Å². The van der Waals surface area contributed by atoms with Crippen LogP contribution in [-0.4, -0.2) is 63.5 Å². The fourth-order valence-corrected chi connectivity index (χ4v) is 3.43. The van der Waals surface area contributed by atoms with Gasteiger partial charge in [0.2, 0.25) is 10.0 Å². The second kappa shape index (κ2) is 5.62. The minimum absolute atomic E-state index is 0.00310. The molecule has 1 aliphatic rings. The zero-order valence-electron chi connectivity index (χ0n) is 10.7. The first-order valence-electron chi connectivity index (χ1n) is 5.65. The molecule has 7 heteroatoms. The number of hydrogen-bond acceptors (Lipinski definition) is 5. The maximum atomic E-state index is 12.0. The van der Waals surface area contributed by atoms with E-state index >= 15 is 0 Å². The SMILES string of the molecule is COCCS(=O)(=O)N1CC(CN)OC(C)(C)C1. The molecule has 102 valence electrons. The summed E-state index contributed by atoms with van der Waals surface area (Å²) in [6.45, 7) is 4.94. The van der Waals surface area contributed by atoms with Gasteiger partial charge in [0.25, 0.3) is 0 Å². The highest BCUT2D eigenvalue weighted by molar-refractivity contribution is 7.89. The van der Waals surface area contributed by atoms with Crippen LogP contribution in [-0.2, 0) is 19.5 Å². The molecule has 1 fully saturated rings. The lowest BCUT2D eigenvalue weighted by atomic mass is 10.1. The molecule has 0 aliphatic carbocycles. The van der Waals surface area contributed by atoms with Crippen molar-refractivity contribution >= 4 is 10.0 Å². The van der Waals surface area contributed by atoms with E-state index in [1.54, 1.807) is 0 Å². The largest absolute Gasteiger partial charge is 0.384 e. The number of sulfonamides is 1. The predicted octanol–water partition coefficient (Wildman–Crippen LogP) is -0.599. The Labute approximate surface area is 103 Å². The summed E-state index contributed by atoms with van der Waals surface area (Å²) in [5, 5.41) is 0. The van der Waals surface area contributed by atoms with Crippen LogP contribution in [0.2, 0.25) is 0 Å². The van der Waals surface area contributed by atoms with Crippen LogP contribution < -0.4 is 5.73 Å². The molecule has 0 aromatic heterocycles. The van der Waals surface area contributed by atoms with Crippen LogP contribution in [0, 0.1) is 0 Å². The number of hydrogen-bond donors (Lipinski definition) is 1. The van der Waals surface area contributed by atoms with Crippen LogP contribution in [0.3, 0.4) is 0 Å². The minimum Gasteiger partial charge on any atom is -0.384 e. The van der Waals surface area contributed by atoms with Crippen molar-refractivity contribution in [3.05, 3.63) is 0 Å². The third-order valence-electron chi connectivity index (χ3n) is 2.65. The second-order valence-electron chi connectivity index (χ2n) is 4.84. The van der Waals surface area contributed by atoms with Crippen molar-refractivity contribution in [1.29, 1.82) is 0 Å². The lowest BCUT2D eigenvalue weighted by molar-refractivity contribution is -0.112. The minimum atomic E-state index is -3.29. The van der Waals surface area contributed by atoms with E-state index in [-0.39, 0.29) is 18.5 Å². The van der Waals surface area contributed by atoms with Crippen LogP contribution in [0.1, 0.15) is 13.8 Å². The zero-order chi connectivity index (χ0) is 13.1. The molecule has 0 aromatic rings. The van der Waals surface area contributed by atoms with E-state index in [1.807, 2.05) is 13.8 Å². The van der Waals surface area contributed by atoms with Crippen LogP contribution in [0.15, 0.2) is 0 Å². The van der Waals surface area contributed by atoms with Crippen molar-refractivity contribution in [2.45, 2.75) is 25.6 Å². The molecule has 1 saturated heterocycles. The molecule has 1 atom stereocenters. The van der Waals surface area contributed by atoms with E-state index in [4.69, 9.17) is 15.2 Å². The van der Waals surface area contributed by atoms with Crippen molar-refractivity contribution in [3.63, 3.8) is 0 Å². The molecular weight excluding hydrogens is 244 g/mol. The summed E-state index contributed by atoms with van der Waals surface area (Å²) in [6, 6.07) is 0. The fourth-order valence-electron chi connectivity index (χ4n) is 1.89. The van der Waals surface area contributed by atoms with Crippen molar-refractivity contribution in [2.75, 3.05) is 39.1 Å². The van der Waals surface area contributed by atoms with E-state index in [1.165, 1.54) is 11.4 Å². The lowest BCUT2D eigenvalue weighted by Gasteiger charge is -2.41. The Morgan fingerprint density at radius 1 is 1.53 bits per heavy atom. The van der Waals surface area contributed by atoms with E-state index in [9.17, 15) is 8.42 Å². The molecule has 1 heterocycles. The first kappa shape index (κ1) is 14.8. The molecule has 0 aromatic carbocycles. The summed E-state index contributed by atoms with van der Waals surface area (Å²) in [5.41, 5.74) is 5.06. The highest BCUT2D eigenvalue weighted by Crippen LogP contribution is 2.22. The molecule has 2 N–H and O–H groups in total. The molecular formula is C10H22N2O4S. The Hall–Kier alpha value is -0.210. The van der Waals surface area contributed by atoms with Crippen LogP contribution in [0.25, 0.3) is 0 Å². The van der Waals surface area contributed by atoms with Crippen LogP contribution in [0.4, 0.5) is 0 Å². The van der Waals surface area contributed by atoms with E-state index in [0.717, 1.165) is 0 Å². The molecule has 17 heavy (non-hydrogen) atoms. The van der Waals surface area contributed by atoms with Gasteiger partial charge in [-0.15, -0.1) is 0 Å².